The zero-order valence-corrected chi connectivity index (χ0v) is 12.6. The molecule has 2 aromatic rings. The Bertz CT molecular complexity index is 707. The second-order valence-electron chi connectivity index (χ2n) is 4.66. The lowest BCUT2D eigenvalue weighted by Gasteiger charge is -2.07. The smallest absolute Gasteiger partial charge is 0.254 e. The van der Waals surface area contributed by atoms with E-state index in [1.165, 1.54) is 6.20 Å². The molecule has 0 saturated heterocycles. The van der Waals surface area contributed by atoms with Crippen molar-refractivity contribution in [2.75, 3.05) is 6.54 Å². The van der Waals surface area contributed by atoms with Crippen molar-refractivity contribution in [2.24, 2.45) is 0 Å². The van der Waals surface area contributed by atoms with Gasteiger partial charge in [-0.05, 0) is 13.8 Å². The molecule has 2 rings (SSSR count). The average Bonchev–Trinajstić information content (AvgIpc) is 2.79. The van der Waals surface area contributed by atoms with Crippen LogP contribution in [0.5, 0.6) is 0 Å². The molecular formula is C13H16ClN5O2. The van der Waals surface area contributed by atoms with Gasteiger partial charge >= 0.3 is 0 Å². The van der Waals surface area contributed by atoms with E-state index in [1.54, 1.807) is 24.7 Å². The van der Waals surface area contributed by atoms with E-state index in [9.17, 15) is 9.59 Å². The van der Waals surface area contributed by atoms with E-state index < -0.39 is 0 Å². The summed E-state index contributed by atoms with van der Waals surface area (Å²) in [4.78, 5) is 30.4. The highest BCUT2D eigenvalue weighted by atomic mass is 35.5. The van der Waals surface area contributed by atoms with Crippen molar-refractivity contribution in [1.82, 2.24) is 25.1 Å². The first-order valence-electron chi connectivity index (χ1n) is 6.47. The maximum atomic E-state index is 11.8. The Labute approximate surface area is 126 Å². The van der Waals surface area contributed by atoms with Gasteiger partial charge in [0.25, 0.3) is 5.56 Å². The summed E-state index contributed by atoms with van der Waals surface area (Å²) in [6.45, 7) is 4.34. The first kappa shape index (κ1) is 15.2. The molecule has 2 N–H and O–H groups in total. The number of H-pyrrole nitrogens is 1. The first-order chi connectivity index (χ1) is 9.95. The maximum Gasteiger partial charge on any atom is 0.254 e. The average molecular weight is 310 g/mol. The van der Waals surface area contributed by atoms with Crippen LogP contribution in [0, 0.1) is 13.8 Å². The summed E-state index contributed by atoms with van der Waals surface area (Å²) in [5, 5.41) is 7.29. The minimum absolute atomic E-state index is 0.00824. The standard InChI is InChI=1S/C13H16ClN5O2/c1-8-11(13(21)18-9(2)17-8)5-12(20)15-3-4-19-7-10(14)6-16-19/h6-7H,3-5H2,1-2H3,(H,15,20)(H,17,18,21). The van der Waals surface area contributed by atoms with Gasteiger partial charge in [0.2, 0.25) is 5.91 Å². The Hall–Kier alpha value is -2.15. The molecule has 0 aromatic carbocycles. The number of carbonyl (C=O) groups is 1. The summed E-state index contributed by atoms with van der Waals surface area (Å²) in [5.41, 5.74) is 0.694. The van der Waals surface area contributed by atoms with Gasteiger partial charge in [0.15, 0.2) is 0 Å². The van der Waals surface area contributed by atoms with Gasteiger partial charge in [-0.15, -0.1) is 0 Å². The van der Waals surface area contributed by atoms with E-state index in [0.29, 0.717) is 35.2 Å². The fourth-order valence-corrected chi connectivity index (χ4v) is 2.11. The number of aromatic nitrogens is 4. The molecule has 0 aliphatic carbocycles. The Balaban J connectivity index is 1.89. The molecule has 112 valence electrons. The van der Waals surface area contributed by atoms with E-state index in [4.69, 9.17) is 11.6 Å². The van der Waals surface area contributed by atoms with Gasteiger partial charge in [0.1, 0.15) is 5.82 Å². The van der Waals surface area contributed by atoms with Crippen LogP contribution in [0.4, 0.5) is 0 Å². The molecule has 0 bridgehead atoms. The second kappa shape index (κ2) is 6.53. The third-order valence-corrected chi connectivity index (χ3v) is 3.14. The molecule has 8 heteroatoms. The number of rotatable bonds is 5. The van der Waals surface area contributed by atoms with Crippen LogP contribution in [0.3, 0.4) is 0 Å². The minimum Gasteiger partial charge on any atom is -0.354 e. The predicted octanol–water partition coefficient (Wildman–Crippen LogP) is 0.596. The van der Waals surface area contributed by atoms with Crippen LogP contribution in [0.15, 0.2) is 17.2 Å². The molecule has 0 radical (unpaired) electrons. The summed E-state index contributed by atoms with van der Waals surface area (Å²) >= 11 is 5.74. The van der Waals surface area contributed by atoms with Gasteiger partial charge in [0, 0.05) is 24.0 Å². The van der Waals surface area contributed by atoms with Gasteiger partial charge in [-0.25, -0.2) is 4.98 Å². The lowest BCUT2D eigenvalue weighted by Crippen LogP contribution is -2.31. The van der Waals surface area contributed by atoms with Gasteiger partial charge < -0.3 is 10.3 Å². The number of aromatic amines is 1. The third-order valence-electron chi connectivity index (χ3n) is 2.94. The Kier molecular flexibility index (Phi) is 4.74. The maximum absolute atomic E-state index is 11.8. The van der Waals surface area contributed by atoms with Crippen molar-refractivity contribution in [1.29, 1.82) is 0 Å². The van der Waals surface area contributed by atoms with Crippen molar-refractivity contribution in [3.05, 3.63) is 44.9 Å². The summed E-state index contributed by atoms with van der Waals surface area (Å²) in [5.74, 6) is 0.310. The predicted molar refractivity (Wildman–Crippen MR) is 78.3 cm³/mol. The van der Waals surface area contributed by atoms with Crippen LogP contribution in [-0.4, -0.2) is 32.2 Å². The van der Waals surface area contributed by atoms with Gasteiger partial charge in [-0.1, -0.05) is 11.6 Å². The van der Waals surface area contributed by atoms with Crippen molar-refractivity contribution < 1.29 is 4.79 Å². The molecule has 7 nitrogen and oxygen atoms in total. The fraction of sp³-hybridized carbons (Fsp3) is 0.385. The van der Waals surface area contributed by atoms with E-state index in [0.717, 1.165) is 0 Å². The van der Waals surface area contributed by atoms with E-state index in [-0.39, 0.29) is 17.9 Å². The Morgan fingerprint density at radius 3 is 2.86 bits per heavy atom. The zero-order chi connectivity index (χ0) is 15.4. The quantitative estimate of drug-likeness (QED) is 0.845. The van der Waals surface area contributed by atoms with Gasteiger partial charge in [0.05, 0.1) is 24.2 Å². The van der Waals surface area contributed by atoms with Crippen LogP contribution in [0.1, 0.15) is 17.1 Å². The molecular weight excluding hydrogens is 294 g/mol. The van der Waals surface area contributed by atoms with Gasteiger partial charge in [-0.3, -0.25) is 14.3 Å². The molecule has 0 aliphatic rings. The molecule has 0 unspecified atom stereocenters. The molecule has 21 heavy (non-hydrogen) atoms. The lowest BCUT2D eigenvalue weighted by atomic mass is 10.1. The number of nitrogens with zero attached hydrogens (tertiary/aromatic N) is 3. The van der Waals surface area contributed by atoms with E-state index >= 15 is 0 Å². The minimum atomic E-state index is -0.269. The summed E-state index contributed by atoms with van der Waals surface area (Å²) in [6, 6.07) is 0. The van der Waals surface area contributed by atoms with Crippen LogP contribution in [0.2, 0.25) is 5.02 Å². The summed E-state index contributed by atoms with van der Waals surface area (Å²) < 4.78 is 1.63. The number of aryl methyl sites for hydroxylation is 2. The van der Waals surface area contributed by atoms with Crippen LogP contribution >= 0.6 is 11.6 Å². The highest BCUT2D eigenvalue weighted by Gasteiger charge is 2.11. The number of hydrogen-bond donors (Lipinski definition) is 2. The first-order valence-corrected chi connectivity index (χ1v) is 6.84. The van der Waals surface area contributed by atoms with Crippen molar-refractivity contribution in [3.63, 3.8) is 0 Å². The van der Waals surface area contributed by atoms with Crippen molar-refractivity contribution >= 4 is 17.5 Å². The molecule has 0 fully saturated rings. The van der Waals surface area contributed by atoms with Crippen molar-refractivity contribution in [3.8, 4) is 0 Å². The van der Waals surface area contributed by atoms with E-state index in [2.05, 4.69) is 20.4 Å². The summed E-state index contributed by atoms with van der Waals surface area (Å²) in [6.07, 6.45) is 3.21. The fourth-order valence-electron chi connectivity index (χ4n) is 1.95. The number of carbonyl (C=O) groups excluding carboxylic acids is 1. The van der Waals surface area contributed by atoms with Gasteiger partial charge in [-0.2, -0.15) is 5.10 Å². The zero-order valence-electron chi connectivity index (χ0n) is 11.8. The molecule has 2 heterocycles. The number of amides is 1. The Morgan fingerprint density at radius 2 is 2.24 bits per heavy atom. The number of nitrogens with one attached hydrogen (secondary N) is 2. The molecule has 0 spiro atoms. The second-order valence-corrected chi connectivity index (χ2v) is 5.10. The third kappa shape index (κ3) is 4.16. The lowest BCUT2D eigenvalue weighted by molar-refractivity contribution is -0.120. The van der Waals surface area contributed by atoms with Crippen LogP contribution in [0.25, 0.3) is 0 Å². The molecule has 0 saturated carbocycles. The topological polar surface area (TPSA) is 92.7 Å². The largest absolute Gasteiger partial charge is 0.354 e. The normalized spacial score (nSPS) is 10.6. The number of halogens is 1. The Morgan fingerprint density at radius 1 is 1.48 bits per heavy atom. The monoisotopic (exact) mass is 309 g/mol. The van der Waals surface area contributed by atoms with E-state index in [1.807, 2.05) is 0 Å². The molecule has 1 amide bonds. The highest BCUT2D eigenvalue weighted by molar-refractivity contribution is 6.30. The number of hydrogen-bond acceptors (Lipinski definition) is 4. The van der Waals surface area contributed by atoms with Crippen LogP contribution in [-0.2, 0) is 17.8 Å². The molecule has 0 aliphatic heterocycles. The van der Waals surface area contributed by atoms with Crippen molar-refractivity contribution in [2.45, 2.75) is 26.8 Å². The van der Waals surface area contributed by atoms with Crippen LogP contribution < -0.4 is 10.9 Å². The molecule has 0 atom stereocenters. The summed E-state index contributed by atoms with van der Waals surface area (Å²) in [7, 11) is 0. The SMILES string of the molecule is Cc1nc(C)c(CC(=O)NCCn2cc(Cl)cn2)c(=O)[nH]1. The molecule has 2 aromatic heterocycles. The highest BCUT2D eigenvalue weighted by Crippen LogP contribution is 2.04.